The van der Waals surface area contributed by atoms with Crippen LogP contribution in [0.15, 0.2) is 71.3 Å². The van der Waals surface area contributed by atoms with E-state index in [1.165, 1.54) is 0 Å². The van der Waals surface area contributed by atoms with Gasteiger partial charge in [-0.3, -0.25) is 9.69 Å². The molecule has 0 aliphatic carbocycles. The van der Waals surface area contributed by atoms with Gasteiger partial charge in [0.15, 0.2) is 6.61 Å². The molecule has 4 rings (SSSR count). The summed E-state index contributed by atoms with van der Waals surface area (Å²) in [6, 6.07) is 19.7. The second-order valence-electron chi connectivity index (χ2n) is 5.40. The highest BCUT2D eigenvalue weighted by Crippen LogP contribution is 2.36. The average molecular weight is 305 g/mol. The Kier molecular flexibility index (Phi) is 3.35. The summed E-state index contributed by atoms with van der Waals surface area (Å²) in [7, 11) is 0. The lowest BCUT2D eigenvalue weighted by Crippen LogP contribution is -2.38. The van der Waals surface area contributed by atoms with Crippen LogP contribution in [0.25, 0.3) is 11.1 Å². The first kappa shape index (κ1) is 13.6. The number of amides is 1. The molecule has 0 N–H and O–H groups in total. The van der Waals surface area contributed by atoms with Gasteiger partial charge in [-0.2, -0.15) is 0 Å². The molecule has 0 radical (unpaired) electrons. The van der Waals surface area contributed by atoms with Crippen LogP contribution < -0.4 is 9.64 Å². The molecule has 0 bridgehead atoms. The number of nitrogens with zero attached hydrogens (tertiary/aromatic N) is 1. The van der Waals surface area contributed by atoms with E-state index in [4.69, 9.17) is 9.15 Å². The van der Waals surface area contributed by atoms with Gasteiger partial charge in [0, 0.05) is 0 Å². The van der Waals surface area contributed by atoms with E-state index < -0.39 is 0 Å². The molecule has 23 heavy (non-hydrogen) atoms. The highest BCUT2D eigenvalue weighted by Gasteiger charge is 2.26. The van der Waals surface area contributed by atoms with E-state index in [0.717, 1.165) is 28.3 Å². The maximum atomic E-state index is 12.3. The normalized spacial score (nSPS) is 13.6. The number of hydrogen-bond donors (Lipinski definition) is 0. The van der Waals surface area contributed by atoms with E-state index >= 15 is 0 Å². The Labute approximate surface area is 133 Å². The molecule has 4 heteroatoms. The molecule has 1 amide bonds. The summed E-state index contributed by atoms with van der Waals surface area (Å²) in [5, 5.41) is 0. The van der Waals surface area contributed by atoms with Crippen molar-refractivity contribution < 1.29 is 13.9 Å². The fourth-order valence-corrected chi connectivity index (χ4v) is 2.74. The van der Waals surface area contributed by atoms with Gasteiger partial charge in [-0.25, -0.2) is 0 Å². The number of furan rings is 1. The Hall–Kier alpha value is -3.01. The molecular weight excluding hydrogens is 290 g/mol. The predicted octanol–water partition coefficient (Wildman–Crippen LogP) is 3.87. The van der Waals surface area contributed by atoms with Crippen molar-refractivity contribution in [2.24, 2.45) is 0 Å². The lowest BCUT2D eigenvalue weighted by atomic mass is 10.0. The van der Waals surface area contributed by atoms with Crippen LogP contribution in [0.4, 0.5) is 5.69 Å². The van der Waals surface area contributed by atoms with Crippen molar-refractivity contribution in [1.82, 2.24) is 0 Å². The molecule has 2 aromatic carbocycles. The van der Waals surface area contributed by atoms with Crippen LogP contribution in [-0.4, -0.2) is 12.5 Å². The third-order valence-corrected chi connectivity index (χ3v) is 3.90. The summed E-state index contributed by atoms with van der Waals surface area (Å²) >= 11 is 0. The Morgan fingerprint density at radius 1 is 0.957 bits per heavy atom. The second-order valence-corrected chi connectivity index (χ2v) is 5.40. The Morgan fingerprint density at radius 2 is 1.83 bits per heavy atom. The van der Waals surface area contributed by atoms with Crippen LogP contribution in [0.5, 0.6) is 5.75 Å². The van der Waals surface area contributed by atoms with Gasteiger partial charge in [0.05, 0.1) is 18.5 Å². The number of carbonyl (C=O) groups excluding carboxylic acids is 1. The molecule has 0 saturated carbocycles. The minimum absolute atomic E-state index is 0.0540. The van der Waals surface area contributed by atoms with E-state index in [0.29, 0.717) is 6.54 Å². The van der Waals surface area contributed by atoms with E-state index in [1.54, 1.807) is 11.2 Å². The number of fused-ring (bicyclic) bond motifs is 1. The Morgan fingerprint density at radius 3 is 2.61 bits per heavy atom. The molecule has 1 aromatic heterocycles. The number of anilines is 1. The maximum Gasteiger partial charge on any atom is 0.265 e. The molecule has 2 heterocycles. The van der Waals surface area contributed by atoms with Crippen molar-refractivity contribution in [3.63, 3.8) is 0 Å². The van der Waals surface area contributed by atoms with Crippen molar-refractivity contribution in [3.8, 4) is 16.9 Å². The lowest BCUT2D eigenvalue weighted by Gasteiger charge is -2.29. The van der Waals surface area contributed by atoms with Gasteiger partial charge in [0.25, 0.3) is 5.91 Å². The minimum atomic E-state index is -0.0703. The first-order valence-corrected chi connectivity index (χ1v) is 7.46. The summed E-state index contributed by atoms with van der Waals surface area (Å²) in [6.07, 6.45) is 1.61. The minimum Gasteiger partial charge on any atom is -0.482 e. The summed E-state index contributed by atoms with van der Waals surface area (Å²) in [5.74, 6) is 1.39. The van der Waals surface area contributed by atoms with E-state index in [9.17, 15) is 4.79 Å². The van der Waals surface area contributed by atoms with Crippen LogP contribution >= 0.6 is 0 Å². The zero-order chi connectivity index (χ0) is 15.6. The Bertz CT molecular complexity index is 825. The standard InChI is InChI=1S/C19H15NO3/c21-19-13-23-18-9-8-15(14-5-2-1-3-6-14)11-17(18)20(19)12-16-7-4-10-22-16/h1-11H,12-13H2. The quantitative estimate of drug-likeness (QED) is 0.737. The fourth-order valence-electron chi connectivity index (χ4n) is 2.74. The van der Waals surface area contributed by atoms with Gasteiger partial charge < -0.3 is 9.15 Å². The van der Waals surface area contributed by atoms with Crippen LogP contribution in [0, 0.1) is 0 Å². The summed E-state index contributed by atoms with van der Waals surface area (Å²) < 4.78 is 10.9. The van der Waals surface area contributed by atoms with Crippen LogP contribution in [0.2, 0.25) is 0 Å². The molecule has 114 valence electrons. The van der Waals surface area contributed by atoms with Crippen molar-refractivity contribution in [2.45, 2.75) is 6.54 Å². The molecule has 0 unspecified atom stereocenters. The number of ether oxygens (including phenoxy) is 1. The number of carbonyl (C=O) groups is 1. The first-order valence-electron chi connectivity index (χ1n) is 7.46. The third-order valence-electron chi connectivity index (χ3n) is 3.90. The van der Waals surface area contributed by atoms with Gasteiger partial charge in [0.1, 0.15) is 11.5 Å². The smallest absolute Gasteiger partial charge is 0.265 e. The second kappa shape index (κ2) is 5.65. The molecule has 4 nitrogen and oxygen atoms in total. The first-order chi connectivity index (χ1) is 11.3. The molecule has 0 saturated heterocycles. The third kappa shape index (κ3) is 2.59. The fraction of sp³-hybridized carbons (Fsp3) is 0.105. The van der Waals surface area contributed by atoms with Gasteiger partial charge in [-0.05, 0) is 35.4 Å². The van der Waals surface area contributed by atoms with E-state index in [2.05, 4.69) is 0 Å². The largest absolute Gasteiger partial charge is 0.482 e. The van der Waals surface area contributed by atoms with E-state index in [-0.39, 0.29) is 12.5 Å². The van der Waals surface area contributed by atoms with Crippen LogP contribution in [-0.2, 0) is 11.3 Å². The van der Waals surface area contributed by atoms with Crippen molar-refractivity contribution in [2.75, 3.05) is 11.5 Å². The predicted molar refractivity (Wildman–Crippen MR) is 87.3 cm³/mol. The number of hydrogen-bond acceptors (Lipinski definition) is 3. The molecule has 3 aromatic rings. The zero-order valence-corrected chi connectivity index (χ0v) is 12.4. The molecule has 1 aliphatic rings. The molecule has 0 atom stereocenters. The topological polar surface area (TPSA) is 42.7 Å². The number of benzene rings is 2. The lowest BCUT2D eigenvalue weighted by molar-refractivity contribution is -0.121. The zero-order valence-electron chi connectivity index (χ0n) is 12.4. The van der Waals surface area contributed by atoms with Crippen molar-refractivity contribution >= 4 is 11.6 Å². The molecular formula is C19H15NO3. The van der Waals surface area contributed by atoms with Gasteiger partial charge in [-0.1, -0.05) is 36.4 Å². The molecule has 0 spiro atoms. The average Bonchev–Trinajstić information content (AvgIpc) is 3.11. The highest BCUT2D eigenvalue weighted by atomic mass is 16.5. The van der Waals surface area contributed by atoms with Gasteiger partial charge in [-0.15, -0.1) is 0 Å². The van der Waals surface area contributed by atoms with Crippen LogP contribution in [0.3, 0.4) is 0 Å². The molecule has 0 fully saturated rings. The van der Waals surface area contributed by atoms with E-state index in [1.807, 2.05) is 60.7 Å². The van der Waals surface area contributed by atoms with Crippen molar-refractivity contribution in [1.29, 1.82) is 0 Å². The van der Waals surface area contributed by atoms with Crippen molar-refractivity contribution in [3.05, 3.63) is 72.7 Å². The SMILES string of the molecule is O=C1COc2ccc(-c3ccccc3)cc2N1Cc1ccco1. The number of rotatable bonds is 3. The van der Waals surface area contributed by atoms with Crippen LogP contribution in [0.1, 0.15) is 5.76 Å². The summed E-state index contributed by atoms with van der Waals surface area (Å²) in [4.78, 5) is 14.0. The summed E-state index contributed by atoms with van der Waals surface area (Å²) in [5.41, 5.74) is 2.93. The van der Waals surface area contributed by atoms with Gasteiger partial charge in [0.2, 0.25) is 0 Å². The molecule has 1 aliphatic heterocycles. The van der Waals surface area contributed by atoms with Gasteiger partial charge >= 0.3 is 0 Å². The maximum absolute atomic E-state index is 12.3. The Balaban J connectivity index is 1.75. The monoisotopic (exact) mass is 305 g/mol. The highest BCUT2D eigenvalue weighted by molar-refractivity contribution is 5.98. The summed E-state index contributed by atoms with van der Waals surface area (Å²) in [6.45, 7) is 0.457.